The third kappa shape index (κ3) is 3.70. The van der Waals surface area contributed by atoms with Crippen molar-refractivity contribution in [3.63, 3.8) is 0 Å². The SMILES string of the molecule is CCC1COC(C)CN1c1nc(Cl)nc(OC(C)C)n1. The molecule has 0 saturated carbocycles. The standard InChI is InChI=1S/C13H21ClN4O2/c1-5-10-7-19-9(4)6-18(10)12-15-11(14)16-13(17-12)20-8(2)3/h8-10H,5-7H2,1-4H3. The molecular weight excluding hydrogens is 280 g/mol. The van der Waals surface area contributed by atoms with Gasteiger partial charge in [0.25, 0.3) is 0 Å². The first-order chi connectivity index (χ1) is 9.49. The highest BCUT2D eigenvalue weighted by molar-refractivity contribution is 6.28. The molecule has 2 unspecified atom stereocenters. The highest BCUT2D eigenvalue weighted by Gasteiger charge is 2.28. The molecule has 0 N–H and O–H groups in total. The lowest BCUT2D eigenvalue weighted by molar-refractivity contribution is 0.0291. The van der Waals surface area contributed by atoms with Gasteiger partial charge in [-0.3, -0.25) is 0 Å². The molecular formula is C13H21ClN4O2. The van der Waals surface area contributed by atoms with E-state index in [1.807, 2.05) is 20.8 Å². The lowest BCUT2D eigenvalue weighted by atomic mass is 10.1. The number of aromatic nitrogens is 3. The normalized spacial score (nSPS) is 23.2. The first kappa shape index (κ1) is 15.3. The largest absolute Gasteiger partial charge is 0.461 e. The van der Waals surface area contributed by atoms with Gasteiger partial charge in [-0.15, -0.1) is 0 Å². The van der Waals surface area contributed by atoms with Crippen LogP contribution in [0.2, 0.25) is 5.28 Å². The molecule has 0 bridgehead atoms. The van der Waals surface area contributed by atoms with Gasteiger partial charge in [-0.1, -0.05) is 6.92 Å². The summed E-state index contributed by atoms with van der Waals surface area (Å²) in [6, 6.07) is 0.514. The van der Waals surface area contributed by atoms with Crippen molar-refractivity contribution in [3.8, 4) is 6.01 Å². The summed E-state index contributed by atoms with van der Waals surface area (Å²) in [5.41, 5.74) is 0. The molecule has 6 nitrogen and oxygen atoms in total. The Morgan fingerprint density at radius 2 is 2.15 bits per heavy atom. The highest BCUT2D eigenvalue weighted by Crippen LogP contribution is 2.23. The van der Waals surface area contributed by atoms with Gasteiger partial charge in [0.1, 0.15) is 0 Å². The number of morpholine rings is 1. The highest BCUT2D eigenvalue weighted by atomic mass is 35.5. The van der Waals surface area contributed by atoms with Crippen LogP contribution < -0.4 is 9.64 Å². The molecule has 2 heterocycles. The Kier molecular flexibility index (Phi) is 4.99. The average molecular weight is 301 g/mol. The zero-order chi connectivity index (χ0) is 14.7. The molecule has 1 aliphatic rings. The molecule has 1 aromatic rings. The number of hydrogen-bond acceptors (Lipinski definition) is 6. The van der Waals surface area contributed by atoms with E-state index in [2.05, 4.69) is 26.8 Å². The van der Waals surface area contributed by atoms with E-state index in [4.69, 9.17) is 21.1 Å². The van der Waals surface area contributed by atoms with Gasteiger partial charge in [0.2, 0.25) is 11.2 Å². The Morgan fingerprint density at radius 1 is 1.40 bits per heavy atom. The molecule has 0 aromatic carbocycles. The maximum atomic E-state index is 5.98. The van der Waals surface area contributed by atoms with Crippen molar-refractivity contribution in [3.05, 3.63) is 5.28 Å². The summed E-state index contributed by atoms with van der Waals surface area (Å²) in [7, 11) is 0. The van der Waals surface area contributed by atoms with Gasteiger partial charge in [-0.05, 0) is 38.8 Å². The van der Waals surface area contributed by atoms with Crippen LogP contribution >= 0.6 is 11.6 Å². The smallest absolute Gasteiger partial charge is 0.322 e. The van der Waals surface area contributed by atoms with Crippen LogP contribution in [0, 0.1) is 0 Å². The van der Waals surface area contributed by atoms with Crippen LogP contribution in [0.1, 0.15) is 34.1 Å². The van der Waals surface area contributed by atoms with E-state index in [9.17, 15) is 0 Å². The van der Waals surface area contributed by atoms with Crippen molar-refractivity contribution < 1.29 is 9.47 Å². The second-order valence-corrected chi connectivity index (χ2v) is 5.55. The lowest BCUT2D eigenvalue weighted by Crippen LogP contribution is -2.49. The maximum Gasteiger partial charge on any atom is 0.322 e. The Morgan fingerprint density at radius 3 is 2.80 bits per heavy atom. The second kappa shape index (κ2) is 6.54. The van der Waals surface area contributed by atoms with E-state index >= 15 is 0 Å². The number of hydrogen-bond donors (Lipinski definition) is 0. The molecule has 2 rings (SSSR count). The van der Waals surface area contributed by atoms with Crippen LogP contribution in [-0.4, -0.2) is 46.4 Å². The zero-order valence-corrected chi connectivity index (χ0v) is 13.1. The van der Waals surface area contributed by atoms with Gasteiger partial charge in [0.15, 0.2) is 0 Å². The number of halogens is 1. The van der Waals surface area contributed by atoms with Gasteiger partial charge >= 0.3 is 6.01 Å². The van der Waals surface area contributed by atoms with Crippen molar-refractivity contribution in [2.45, 2.75) is 52.4 Å². The van der Waals surface area contributed by atoms with E-state index in [-0.39, 0.29) is 29.5 Å². The molecule has 0 spiro atoms. The quantitative estimate of drug-likeness (QED) is 0.850. The van der Waals surface area contributed by atoms with Crippen molar-refractivity contribution >= 4 is 17.5 Å². The Hall–Kier alpha value is -1.14. The lowest BCUT2D eigenvalue weighted by Gasteiger charge is -2.38. The average Bonchev–Trinajstić information content (AvgIpc) is 2.37. The summed E-state index contributed by atoms with van der Waals surface area (Å²) in [6.07, 6.45) is 1.09. The molecule has 2 atom stereocenters. The zero-order valence-electron chi connectivity index (χ0n) is 12.3. The molecule has 1 aliphatic heterocycles. The summed E-state index contributed by atoms with van der Waals surface area (Å²) in [4.78, 5) is 14.7. The first-order valence-corrected chi connectivity index (χ1v) is 7.33. The van der Waals surface area contributed by atoms with E-state index in [1.54, 1.807) is 0 Å². The van der Waals surface area contributed by atoms with E-state index < -0.39 is 0 Å². The van der Waals surface area contributed by atoms with Crippen LogP contribution in [0.4, 0.5) is 5.95 Å². The van der Waals surface area contributed by atoms with Crippen molar-refractivity contribution in [2.75, 3.05) is 18.1 Å². The van der Waals surface area contributed by atoms with Gasteiger partial charge in [0.05, 0.1) is 24.9 Å². The second-order valence-electron chi connectivity index (χ2n) is 5.21. The fourth-order valence-electron chi connectivity index (χ4n) is 2.14. The molecule has 1 saturated heterocycles. The molecule has 7 heteroatoms. The minimum atomic E-state index is -0.00750. The van der Waals surface area contributed by atoms with Crippen LogP contribution in [-0.2, 0) is 4.74 Å². The number of nitrogens with zero attached hydrogens (tertiary/aromatic N) is 4. The first-order valence-electron chi connectivity index (χ1n) is 6.96. The van der Waals surface area contributed by atoms with Crippen LogP contribution in [0.25, 0.3) is 0 Å². The van der Waals surface area contributed by atoms with Gasteiger partial charge in [-0.2, -0.15) is 15.0 Å². The van der Waals surface area contributed by atoms with Gasteiger partial charge in [0, 0.05) is 6.54 Å². The van der Waals surface area contributed by atoms with E-state index in [0.29, 0.717) is 12.6 Å². The topological polar surface area (TPSA) is 60.4 Å². The minimum Gasteiger partial charge on any atom is -0.461 e. The number of rotatable bonds is 4. The van der Waals surface area contributed by atoms with Crippen molar-refractivity contribution in [1.82, 2.24) is 15.0 Å². The van der Waals surface area contributed by atoms with E-state index in [1.165, 1.54) is 0 Å². The predicted octanol–water partition coefficient (Wildman–Crippen LogP) is 2.32. The molecule has 0 aliphatic carbocycles. The van der Waals surface area contributed by atoms with Crippen molar-refractivity contribution in [1.29, 1.82) is 0 Å². The minimum absolute atomic E-state index is 0.00750. The Bertz CT molecular complexity index is 458. The fourth-order valence-corrected chi connectivity index (χ4v) is 2.29. The summed E-state index contributed by atoms with van der Waals surface area (Å²) in [5, 5.41) is 0.152. The summed E-state index contributed by atoms with van der Waals surface area (Å²) in [6.45, 7) is 9.39. The van der Waals surface area contributed by atoms with Gasteiger partial charge in [-0.25, -0.2) is 0 Å². The maximum absolute atomic E-state index is 5.98. The third-order valence-corrected chi connectivity index (χ3v) is 3.28. The predicted molar refractivity (Wildman–Crippen MR) is 77.4 cm³/mol. The molecule has 20 heavy (non-hydrogen) atoms. The summed E-state index contributed by atoms with van der Waals surface area (Å²) in [5.74, 6) is 0.558. The Labute approximate surface area is 124 Å². The van der Waals surface area contributed by atoms with Crippen molar-refractivity contribution in [2.24, 2.45) is 0 Å². The molecule has 0 radical (unpaired) electrons. The third-order valence-electron chi connectivity index (χ3n) is 3.11. The van der Waals surface area contributed by atoms with Crippen LogP contribution in [0.15, 0.2) is 0 Å². The monoisotopic (exact) mass is 300 g/mol. The number of anilines is 1. The molecule has 112 valence electrons. The summed E-state index contributed by atoms with van der Waals surface area (Å²) < 4.78 is 11.2. The summed E-state index contributed by atoms with van der Waals surface area (Å²) >= 11 is 5.98. The number of ether oxygens (including phenoxy) is 2. The fraction of sp³-hybridized carbons (Fsp3) is 0.769. The Balaban J connectivity index is 2.27. The molecule has 0 amide bonds. The van der Waals surface area contributed by atoms with E-state index in [0.717, 1.165) is 13.0 Å². The molecule has 1 aromatic heterocycles. The van der Waals surface area contributed by atoms with Gasteiger partial charge < -0.3 is 14.4 Å². The van der Waals surface area contributed by atoms with Crippen LogP contribution in [0.3, 0.4) is 0 Å². The molecule has 1 fully saturated rings. The van der Waals surface area contributed by atoms with Crippen LogP contribution in [0.5, 0.6) is 6.01 Å².